The Morgan fingerprint density at radius 2 is 1.33 bits per heavy atom. The Bertz CT molecular complexity index is 1570. The van der Waals surface area contributed by atoms with E-state index >= 15 is 0 Å². The molecule has 8 heteroatoms. The van der Waals surface area contributed by atoms with Gasteiger partial charge in [-0.3, -0.25) is 9.59 Å². The van der Waals surface area contributed by atoms with Crippen LogP contribution >= 0.6 is 0 Å². The first-order valence-corrected chi connectivity index (χ1v) is 16.0. The van der Waals surface area contributed by atoms with Gasteiger partial charge in [0.2, 0.25) is 21.8 Å². The van der Waals surface area contributed by atoms with Gasteiger partial charge in [0.1, 0.15) is 6.04 Å². The van der Waals surface area contributed by atoms with Gasteiger partial charge >= 0.3 is 0 Å². The number of hydrogen-bond acceptors (Lipinski definition) is 4. The van der Waals surface area contributed by atoms with Gasteiger partial charge in [0.05, 0.1) is 4.90 Å². The Morgan fingerprint density at radius 3 is 1.93 bits per heavy atom. The topological polar surface area (TPSA) is 95.6 Å². The zero-order valence-electron chi connectivity index (χ0n) is 24.7. The van der Waals surface area contributed by atoms with Gasteiger partial charge in [0.15, 0.2) is 0 Å². The molecular weight excluding hydrogens is 558 g/mol. The fraction of sp³-hybridized carbons (Fsp3) is 0.257. The number of aryl methyl sites for hydroxylation is 2. The van der Waals surface area contributed by atoms with E-state index in [1.165, 1.54) is 0 Å². The molecule has 2 N–H and O–H groups in total. The quantitative estimate of drug-likeness (QED) is 0.209. The molecule has 224 valence electrons. The van der Waals surface area contributed by atoms with Gasteiger partial charge in [-0.15, -0.1) is 0 Å². The van der Waals surface area contributed by atoms with Crippen molar-refractivity contribution in [1.29, 1.82) is 0 Å². The van der Waals surface area contributed by atoms with Crippen LogP contribution in [0.2, 0.25) is 0 Å². The van der Waals surface area contributed by atoms with Gasteiger partial charge in [0.25, 0.3) is 0 Å². The van der Waals surface area contributed by atoms with Crippen molar-refractivity contribution in [2.45, 2.75) is 57.1 Å². The normalized spacial score (nSPS) is 12.0. The number of sulfonamides is 1. The highest BCUT2D eigenvalue weighted by Gasteiger charge is 2.30. The van der Waals surface area contributed by atoms with Gasteiger partial charge < -0.3 is 10.2 Å². The zero-order valence-corrected chi connectivity index (χ0v) is 25.5. The van der Waals surface area contributed by atoms with Crippen LogP contribution in [0.5, 0.6) is 0 Å². The molecule has 1 unspecified atom stereocenters. The van der Waals surface area contributed by atoms with Crippen LogP contribution in [-0.4, -0.2) is 37.7 Å². The highest BCUT2D eigenvalue weighted by Crippen LogP contribution is 2.18. The number of benzene rings is 4. The van der Waals surface area contributed by atoms with Crippen LogP contribution in [0.1, 0.15) is 41.2 Å². The SMILES string of the molecule is CCNS(=O)(=O)c1ccc(CCC(=O)N(Cc2ccccc2)C(Cc2ccccc2)C(=O)NCc2ccc(C)cc2)cc1. The summed E-state index contributed by atoms with van der Waals surface area (Å²) in [4.78, 5) is 29.6. The fourth-order valence-corrected chi connectivity index (χ4v) is 5.89. The number of hydrogen-bond donors (Lipinski definition) is 2. The minimum absolute atomic E-state index is 0.153. The van der Waals surface area contributed by atoms with E-state index in [-0.39, 0.29) is 29.7 Å². The van der Waals surface area contributed by atoms with E-state index < -0.39 is 16.1 Å². The summed E-state index contributed by atoms with van der Waals surface area (Å²) < 4.78 is 27.1. The lowest BCUT2D eigenvalue weighted by Crippen LogP contribution is -2.50. The lowest BCUT2D eigenvalue weighted by Gasteiger charge is -2.31. The number of amides is 2. The van der Waals surface area contributed by atoms with Crippen molar-refractivity contribution >= 4 is 21.8 Å². The smallest absolute Gasteiger partial charge is 0.243 e. The molecule has 4 aromatic rings. The summed E-state index contributed by atoms with van der Waals surface area (Å²) in [5.74, 6) is -0.369. The second kappa shape index (κ2) is 15.3. The molecule has 7 nitrogen and oxygen atoms in total. The average Bonchev–Trinajstić information content (AvgIpc) is 3.02. The summed E-state index contributed by atoms with van der Waals surface area (Å²) in [5.41, 5.74) is 4.86. The molecule has 0 saturated carbocycles. The molecule has 1 atom stereocenters. The first-order chi connectivity index (χ1) is 20.7. The highest BCUT2D eigenvalue weighted by molar-refractivity contribution is 7.89. The molecule has 0 spiro atoms. The van der Waals surface area contributed by atoms with Crippen molar-refractivity contribution in [3.05, 3.63) is 137 Å². The standard InChI is InChI=1S/C35H39N3O4S/c1-3-37-43(41,42)32-21-18-28(19-22-32)20-23-34(39)38(26-31-12-8-5-9-13-31)33(24-29-10-6-4-7-11-29)35(40)36-25-30-16-14-27(2)15-17-30/h4-19,21-22,33,37H,3,20,23-26H2,1-2H3,(H,36,40). The number of rotatable bonds is 14. The van der Waals surface area contributed by atoms with E-state index in [1.54, 1.807) is 36.1 Å². The van der Waals surface area contributed by atoms with Crippen LogP contribution in [0.25, 0.3) is 0 Å². The van der Waals surface area contributed by atoms with Gasteiger partial charge in [-0.2, -0.15) is 0 Å². The molecule has 0 aliphatic carbocycles. The van der Waals surface area contributed by atoms with E-state index in [4.69, 9.17) is 0 Å². The van der Waals surface area contributed by atoms with E-state index in [0.717, 1.165) is 27.8 Å². The minimum Gasteiger partial charge on any atom is -0.350 e. The second-order valence-corrected chi connectivity index (χ2v) is 12.3. The van der Waals surface area contributed by atoms with Crippen LogP contribution in [0.3, 0.4) is 0 Å². The third kappa shape index (κ3) is 9.36. The summed E-state index contributed by atoms with van der Waals surface area (Å²) in [5, 5.41) is 3.07. The van der Waals surface area contributed by atoms with Crippen LogP contribution in [0.15, 0.2) is 114 Å². The first-order valence-electron chi connectivity index (χ1n) is 14.5. The monoisotopic (exact) mass is 597 g/mol. The van der Waals surface area contributed by atoms with Crippen molar-refractivity contribution in [2.24, 2.45) is 0 Å². The molecule has 0 radical (unpaired) electrons. The average molecular weight is 598 g/mol. The van der Waals surface area contributed by atoms with E-state index in [2.05, 4.69) is 10.0 Å². The minimum atomic E-state index is -3.55. The maximum absolute atomic E-state index is 13.9. The van der Waals surface area contributed by atoms with Gasteiger partial charge in [-0.05, 0) is 47.7 Å². The van der Waals surface area contributed by atoms with Crippen molar-refractivity contribution in [3.8, 4) is 0 Å². The molecule has 0 aliphatic heterocycles. The van der Waals surface area contributed by atoms with Crippen molar-refractivity contribution in [2.75, 3.05) is 6.54 Å². The van der Waals surface area contributed by atoms with Crippen molar-refractivity contribution < 1.29 is 18.0 Å². The Morgan fingerprint density at radius 1 is 0.744 bits per heavy atom. The summed E-state index contributed by atoms with van der Waals surface area (Å²) in [7, 11) is -3.55. The lowest BCUT2D eigenvalue weighted by molar-refractivity contribution is -0.141. The molecule has 0 saturated heterocycles. The van der Waals surface area contributed by atoms with Crippen LogP contribution in [0, 0.1) is 6.92 Å². The third-order valence-corrected chi connectivity index (χ3v) is 8.81. The number of carbonyl (C=O) groups is 2. The molecule has 2 amide bonds. The first kappa shape index (κ1) is 31.7. The zero-order chi connectivity index (χ0) is 30.7. The number of nitrogens with one attached hydrogen (secondary N) is 2. The Kier molecular flexibility index (Phi) is 11.2. The fourth-order valence-electron chi connectivity index (χ4n) is 4.85. The van der Waals surface area contributed by atoms with Gasteiger partial charge in [0, 0.05) is 32.5 Å². The summed E-state index contributed by atoms with van der Waals surface area (Å²) in [6.07, 6.45) is 0.952. The van der Waals surface area contributed by atoms with E-state index in [0.29, 0.717) is 25.9 Å². The van der Waals surface area contributed by atoms with E-state index in [9.17, 15) is 18.0 Å². The largest absolute Gasteiger partial charge is 0.350 e. The van der Waals surface area contributed by atoms with Crippen LogP contribution < -0.4 is 10.0 Å². The summed E-state index contributed by atoms with van der Waals surface area (Å²) in [6, 6.07) is 33.2. The molecule has 0 bridgehead atoms. The molecule has 0 fully saturated rings. The second-order valence-electron chi connectivity index (χ2n) is 10.6. The predicted octanol–water partition coefficient (Wildman–Crippen LogP) is 5.18. The van der Waals surface area contributed by atoms with Gasteiger partial charge in [-0.1, -0.05) is 110 Å². The predicted molar refractivity (Wildman–Crippen MR) is 170 cm³/mol. The molecule has 0 aromatic heterocycles. The Balaban J connectivity index is 1.56. The Hall–Kier alpha value is -4.27. The third-order valence-electron chi connectivity index (χ3n) is 7.25. The van der Waals surface area contributed by atoms with Crippen LogP contribution in [-0.2, 0) is 45.5 Å². The maximum Gasteiger partial charge on any atom is 0.243 e. The maximum atomic E-state index is 13.9. The van der Waals surface area contributed by atoms with Gasteiger partial charge in [-0.25, -0.2) is 13.1 Å². The molecule has 0 heterocycles. The van der Waals surface area contributed by atoms with E-state index in [1.807, 2.05) is 91.9 Å². The summed E-state index contributed by atoms with van der Waals surface area (Å²) in [6.45, 7) is 4.70. The Labute approximate surface area is 255 Å². The van der Waals surface area contributed by atoms with Crippen molar-refractivity contribution in [3.63, 3.8) is 0 Å². The number of nitrogens with zero attached hydrogens (tertiary/aromatic N) is 1. The molecule has 4 rings (SSSR count). The highest BCUT2D eigenvalue weighted by atomic mass is 32.2. The molecule has 0 aliphatic rings. The molecule has 43 heavy (non-hydrogen) atoms. The number of carbonyl (C=O) groups excluding carboxylic acids is 2. The summed E-state index contributed by atoms with van der Waals surface area (Å²) >= 11 is 0. The molecule has 4 aromatic carbocycles. The van der Waals surface area contributed by atoms with Crippen molar-refractivity contribution in [1.82, 2.24) is 14.9 Å². The van der Waals surface area contributed by atoms with Crippen LogP contribution in [0.4, 0.5) is 0 Å². The molecular formula is C35H39N3O4S. The lowest BCUT2D eigenvalue weighted by atomic mass is 10.0.